The number of carboxylic acids is 1. The lowest BCUT2D eigenvalue weighted by molar-refractivity contribution is -0.136. The van der Waals surface area contributed by atoms with Crippen LogP contribution in [0.5, 0.6) is 0 Å². The van der Waals surface area contributed by atoms with Crippen LogP contribution in [0.15, 0.2) is 48.5 Å². The fourth-order valence-electron chi connectivity index (χ4n) is 3.83. The summed E-state index contributed by atoms with van der Waals surface area (Å²) < 4.78 is 14.2. The van der Waals surface area contributed by atoms with Crippen LogP contribution < -0.4 is 4.90 Å². The predicted octanol–water partition coefficient (Wildman–Crippen LogP) is 6.00. The zero-order chi connectivity index (χ0) is 23.9. The molecule has 9 heteroatoms. The van der Waals surface area contributed by atoms with Gasteiger partial charge in [-0.15, -0.1) is 0 Å². The molecule has 0 bridgehead atoms. The number of anilines is 1. The third kappa shape index (κ3) is 4.47. The molecule has 0 fully saturated rings. The first kappa shape index (κ1) is 23.2. The van der Waals surface area contributed by atoms with Gasteiger partial charge in [0.05, 0.1) is 33.3 Å². The van der Waals surface area contributed by atoms with E-state index >= 15 is 0 Å². The first-order valence-electron chi connectivity index (χ1n) is 9.81. The molecule has 33 heavy (non-hydrogen) atoms. The van der Waals surface area contributed by atoms with Gasteiger partial charge in [-0.05, 0) is 59.9 Å². The normalized spacial score (nSPS) is 12.9. The molecule has 1 N–H and O–H groups in total. The van der Waals surface area contributed by atoms with Crippen LogP contribution in [0.4, 0.5) is 10.1 Å². The minimum atomic E-state index is -1.03. The van der Waals surface area contributed by atoms with E-state index < -0.39 is 23.6 Å². The second kappa shape index (κ2) is 9.14. The van der Waals surface area contributed by atoms with E-state index in [0.717, 1.165) is 4.90 Å². The van der Waals surface area contributed by atoms with Crippen molar-refractivity contribution >= 4 is 58.3 Å². The molecule has 1 heterocycles. The Morgan fingerprint density at radius 3 is 2.18 bits per heavy atom. The maximum absolute atomic E-state index is 14.2. The number of amides is 2. The number of halogens is 4. The molecule has 0 aliphatic carbocycles. The highest BCUT2D eigenvalue weighted by Gasteiger charge is 2.41. The van der Waals surface area contributed by atoms with Crippen LogP contribution in [0, 0.1) is 5.82 Å². The van der Waals surface area contributed by atoms with Gasteiger partial charge >= 0.3 is 5.97 Å². The molecule has 0 saturated heterocycles. The van der Waals surface area contributed by atoms with Crippen molar-refractivity contribution in [1.82, 2.24) is 0 Å². The Balaban J connectivity index is 1.68. The number of aryl methyl sites for hydroxylation is 2. The highest BCUT2D eigenvalue weighted by atomic mass is 35.5. The Morgan fingerprint density at radius 2 is 1.52 bits per heavy atom. The summed E-state index contributed by atoms with van der Waals surface area (Å²) in [5.74, 6) is -2.72. The monoisotopic (exact) mass is 505 g/mol. The summed E-state index contributed by atoms with van der Waals surface area (Å²) in [6.07, 6.45) is 0.318. The first-order valence-corrected chi connectivity index (χ1v) is 10.9. The summed E-state index contributed by atoms with van der Waals surface area (Å²) in [7, 11) is 0. The largest absolute Gasteiger partial charge is 0.481 e. The van der Waals surface area contributed by atoms with Crippen molar-refractivity contribution in [2.45, 2.75) is 19.3 Å². The van der Waals surface area contributed by atoms with E-state index in [1.807, 2.05) is 0 Å². The molecule has 3 aromatic carbocycles. The van der Waals surface area contributed by atoms with E-state index in [1.54, 1.807) is 18.2 Å². The second-order valence-corrected chi connectivity index (χ2v) is 8.75. The van der Waals surface area contributed by atoms with Gasteiger partial charge in [-0.2, -0.15) is 0 Å². The highest BCUT2D eigenvalue weighted by molar-refractivity contribution is 6.44. The number of aliphatic carboxylic acids is 1. The number of carbonyl (C=O) groups excluding carboxylic acids is 2. The van der Waals surface area contributed by atoms with Gasteiger partial charge in [-0.3, -0.25) is 14.4 Å². The third-order valence-corrected chi connectivity index (χ3v) is 6.21. The Bertz CT molecular complexity index is 1330. The van der Waals surface area contributed by atoms with Crippen LogP contribution in [0.3, 0.4) is 0 Å². The quantitative estimate of drug-likeness (QED) is 0.416. The molecule has 1 aliphatic heterocycles. The van der Waals surface area contributed by atoms with Crippen molar-refractivity contribution in [2.24, 2.45) is 0 Å². The molecule has 0 spiro atoms. The number of carbonyl (C=O) groups is 3. The number of imide groups is 1. The van der Waals surface area contributed by atoms with Crippen molar-refractivity contribution < 1.29 is 23.9 Å². The van der Waals surface area contributed by atoms with E-state index in [-0.39, 0.29) is 51.1 Å². The standard InChI is InChI=1S/C24H15Cl3FNO4/c25-15-6-4-13(18(28)11-15)2-3-14-5-7-16(26)22-21(14)23(32)29(24(22)33)19-8-1-12(9-17(19)27)10-20(30)31/h1,4-9,11H,2-3,10H2,(H,30,31). The molecular formula is C24H15Cl3FNO4. The SMILES string of the molecule is O=C(O)Cc1ccc(N2C(=O)c3c(Cl)ccc(CCc4ccc(Cl)cc4F)c3C2=O)c(Cl)c1. The molecule has 2 amide bonds. The zero-order valence-corrected chi connectivity index (χ0v) is 19.1. The minimum Gasteiger partial charge on any atom is -0.481 e. The van der Waals surface area contributed by atoms with Gasteiger partial charge in [0.1, 0.15) is 5.82 Å². The molecule has 0 saturated carbocycles. The van der Waals surface area contributed by atoms with Gasteiger partial charge in [0.15, 0.2) is 0 Å². The van der Waals surface area contributed by atoms with Gasteiger partial charge in [-0.25, -0.2) is 9.29 Å². The van der Waals surface area contributed by atoms with E-state index in [2.05, 4.69) is 0 Å². The number of hydrogen-bond acceptors (Lipinski definition) is 3. The number of nitrogens with zero attached hydrogens (tertiary/aromatic N) is 1. The lowest BCUT2D eigenvalue weighted by Gasteiger charge is -2.16. The minimum absolute atomic E-state index is 0.0569. The lowest BCUT2D eigenvalue weighted by Crippen LogP contribution is -2.30. The fraction of sp³-hybridized carbons (Fsp3) is 0.125. The van der Waals surface area contributed by atoms with Crippen molar-refractivity contribution in [3.05, 3.63) is 97.2 Å². The summed E-state index contributed by atoms with van der Waals surface area (Å²) in [5.41, 5.74) is 1.73. The molecule has 0 aromatic heterocycles. The number of rotatable bonds is 6. The van der Waals surface area contributed by atoms with Crippen LogP contribution >= 0.6 is 34.8 Å². The van der Waals surface area contributed by atoms with Crippen molar-refractivity contribution in [1.29, 1.82) is 0 Å². The van der Waals surface area contributed by atoms with Gasteiger partial charge in [-0.1, -0.05) is 53.0 Å². The Labute approximate surface area is 203 Å². The topological polar surface area (TPSA) is 74.7 Å². The Hall–Kier alpha value is -2.93. The molecular weight excluding hydrogens is 492 g/mol. The molecule has 0 atom stereocenters. The molecule has 5 nitrogen and oxygen atoms in total. The van der Waals surface area contributed by atoms with E-state index in [1.165, 1.54) is 30.3 Å². The van der Waals surface area contributed by atoms with Crippen LogP contribution in [0.1, 0.15) is 37.4 Å². The first-order chi connectivity index (χ1) is 15.7. The van der Waals surface area contributed by atoms with Crippen LogP contribution in [-0.4, -0.2) is 22.9 Å². The van der Waals surface area contributed by atoms with Crippen LogP contribution in [-0.2, 0) is 24.1 Å². The highest BCUT2D eigenvalue weighted by Crippen LogP contribution is 2.38. The van der Waals surface area contributed by atoms with Gasteiger partial charge in [0.25, 0.3) is 11.8 Å². The third-order valence-electron chi connectivity index (χ3n) is 5.36. The smallest absolute Gasteiger partial charge is 0.307 e. The molecule has 0 radical (unpaired) electrons. The second-order valence-electron chi connectivity index (χ2n) is 7.49. The van der Waals surface area contributed by atoms with Gasteiger partial charge in [0, 0.05) is 5.02 Å². The average molecular weight is 507 g/mol. The number of hydrogen-bond donors (Lipinski definition) is 1. The van der Waals surface area contributed by atoms with Gasteiger partial charge in [0.2, 0.25) is 0 Å². The van der Waals surface area contributed by atoms with Crippen LogP contribution in [0.2, 0.25) is 15.1 Å². The number of carboxylic acid groups (broad SMARTS) is 1. The molecule has 1 aliphatic rings. The van der Waals surface area contributed by atoms with Crippen molar-refractivity contribution in [3.8, 4) is 0 Å². The van der Waals surface area contributed by atoms with E-state index in [9.17, 15) is 18.8 Å². The van der Waals surface area contributed by atoms with Crippen LogP contribution in [0.25, 0.3) is 0 Å². The van der Waals surface area contributed by atoms with Crippen molar-refractivity contribution in [2.75, 3.05) is 4.90 Å². The Kier molecular flexibility index (Phi) is 6.43. The maximum atomic E-state index is 14.2. The summed E-state index contributed by atoms with van der Waals surface area (Å²) in [5, 5.41) is 9.42. The average Bonchev–Trinajstić information content (AvgIpc) is 3.00. The lowest BCUT2D eigenvalue weighted by atomic mass is 9.97. The zero-order valence-electron chi connectivity index (χ0n) is 16.9. The molecule has 3 aromatic rings. The summed E-state index contributed by atoms with van der Waals surface area (Å²) in [6, 6.07) is 11.9. The summed E-state index contributed by atoms with van der Waals surface area (Å²) >= 11 is 18.4. The Morgan fingerprint density at radius 1 is 0.848 bits per heavy atom. The molecule has 0 unspecified atom stereocenters. The fourth-order valence-corrected chi connectivity index (χ4v) is 4.51. The summed E-state index contributed by atoms with van der Waals surface area (Å²) in [4.78, 5) is 38.3. The van der Waals surface area contributed by atoms with E-state index in [4.69, 9.17) is 39.9 Å². The van der Waals surface area contributed by atoms with Crippen molar-refractivity contribution in [3.63, 3.8) is 0 Å². The molecule has 4 rings (SSSR count). The number of benzene rings is 3. The summed E-state index contributed by atoms with van der Waals surface area (Å²) in [6.45, 7) is 0. The van der Waals surface area contributed by atoms with E-state index in [0.29, 0.717) is 16.7 Å². The molecule has 168 valence electrons. The predicted molar refractivity (Wildman–Crippen MR) is 124 cm³/mol. The number of fused-ring (bicyclic) bond motifs is 1. The van der Waals surface area contributed by atoms with Gasteiger partial charge < -0.3 is 5.11 Å². The maximum Gasteiger partial charge on any atom is 0.307 e.